The number of rotatable bonds is 21. The summed E-state index contributed by atoms with van der Waals surface area (Å²) < 4.78 is 22.3. The van der Waals surface area contributed by atoms with Crippen molar-refractivity contribution >= 4 is 17.5 Å². The van der Waals surface area contributed by atoms with Gasteiger partial charge in [-0.2, -0.15) is 0 Å². The standard InChI is InChI=1S/C30H54N6O15/c31-28-14(9-33-5-1-3-19(17(43)10-37)48-23-7-15(41)26(45)21(12-39)50-23)35-29(32)25(36-28)30(47)34-6-2-4-20(18(44)11-38)49-24-8-16(42)27(46)22(13-40)51-24/h15-24,26-27,33,37-46H,1-13H2,(H2,31,36)(H2,32,35)(H,34,47)/t15?,16?,17-,18-,19+,20+,21?,22?,23?,24?,26+,27+/m1/s1. The fourth-order valence-corrected chi connectivity index (χ4v) is 5.65. The van der Waals surface area contributed by atoms with Gasteiger partial charge in [-0.05, 0) is 32.2 Å². The van der Waals surface area contributed by atoms with Gasteiger partial charge in [0, 0.05) is 25.9 Å². The number of nitrogens with zero attached hydrogens (tertiary/aromatic N) is 2. The van der Waals surface area contributed by atoms with E-state index in [9.17, 15) is 55.9 Å². The molecule has 2 aliphatic heterocycles. The predicted octanol–water partition coefficient (Wildman–Crippen LogP) is -5.84. The van der Waals surface area contributed by atoms with Crippen LogP contribution in [0.4, 0.5) is 11.6 Å². The van der Waals surface area contributed by atoms with Crippen molar-refractivity contribution in [3.05, 3.63) is 11.4 Å². The minimum absolute atomic E-state index is 0.0482. The monoisotopic (exact) mass is 738 g/mol. The number of carbonyl (C=O) groups is 1. The molecule has 1 amide bonds. The van der Waals surface area contributed by atoms with Gasteiger partial charge >= 0.3 is 0 Å². The second-order valence-electron chi connectivity index (χ2n) is 12.5. The third-order valence-electron chi connectivity index (χ3n) is 8.64. The minimum atomic E-state index is -1.31. The summed E-state index contributed by atoms with van der Waals surface area (Å²) in [6, 6.07) is 0. The maximum atomic E-state index is 12.8. The Morgan fingerprint density at radius 2 is 1.27 bits per heavy atom. The lowest BCUT2D eigenvalue weighted by Crippen LogP contribution is -2.52. The third kappa shape index (κ3) is 12.6. The Kier molecular flexibility index (Phi) is 17.9. The van der Waals surface area contributed by atoms with Crippen molar-refractivity contribution in [3.63, 3.8) is 0 Å². The maximum absolute atomic E-state index is 12.8. The second kappa shape index (κ2) is 21.3. The smallest absolute Gasteiger partial charge is 0.273 e. The Bertz CT molecular complexity index is 1190. The van der Waals surface area contributed by atoms with Gasteiger partial charge in [-0.25, -0.2) is 9.97 Å². The first-order chi connectivity index (χ1) is 24.3. The average molecular weight is 739 g/mol. The number of nitrogen functional groups attached to an aromatic ring is 2. The van der Waals surface area contributed by atoms with Crippen molar-refractivity contribution in [2.24, 2.45) is 0 Å². The summed E-state index contributed by atoms with van der Waals surface area (Å²) >= 11 is 0. The highest BCUT2D eigenvalue weighted by atomic mass is 16.7. The number of amides is 1. The number of nitrogens with one attached hydrogen (secondary N) is 2. The highest BCUT2D eigenvalue weighted by molar-refractivity contribution is 5.96. The van der Waals surface area contributed by atoms with Crippen molar-refractivity contribution < 1.29 is 74.8 Å². The van der Waals surface area contributed by atoms with E-state index in [0.29, 0.717) is 13.0 Å². The molecule has 0 aromatic carbocycles. The molecule has 2 aliphatic rings. The summed E-state index contributed by atoms with van der Waals surface area (Å²) in [5.74, 6) is -0.884. The summed E-state index contributed by atoms with van der Waals surface area (Å²) in [6.45, 7) is -1.74. The quantitative estimate of drug-likeness (QED) is 0.0522. The van der Waals surface area contributed by atoms with E-state index in [2.05, 4.69) is 20.6 Å². The number of ether oxygens (including phenoxy) is 4. The van der Waals surface area contributed by atoms with E-state index in [4.69, 9.17) is 30.4 Å². The number of hydrogen-bond acceptors (Lipinski definition) is 20. The number of carbonyl (C=O) groups excluding carboxylic acids is 1. The Morgan fingerprint density at radius 1 is 0.784 bits per heavy atom. The maximum Gasteiger partial charge on any atom is 0.273 e. The van der Waals surface area contributed by atoms with E-state index < -0.39 is 106 Å². The highest BCUT2D eigenvalue weighted by Gasteiger charge is 2.40. The Hall–Kier alpha value is -2.45. The fraction of sp³-hybridized carbons (Fsp3) is 0.833. The van der Waals surface area contributed by atoms with E-state index in [1.54, 1.807) is 0 Å². The molecule has 1 aromatic heterocycles. The molecule has 294 valence electrons. The van der Waals surface area contributed by atoms with Gasteiger partial charge in [0.2, 0.25) is 0 Å². The molecule has 2 fully saturated rings. The van der Waals surface area contributed by atoms with Gasteiger partial charge in [-0.1, -0.05) is 0 Å². The van der Waals surface area contributed by atoms with Crippen LogP contribution < -0.4 is 22.1 Å². The van der Waals surface area contributed by atoms with E-state index in [0.717, 1.165) is 0 Å². The molecule has 0 bridgehead atoms. The van der Waals surface area contributed by atoms with Crippen LogP contribution in [-0.4, -0.2) is 180 Å². The number of aliphatic hydroxyl groups is 10. The third-order valence-corrected chi connectivity index (χ3v) is 8.64. The molecule has 3 rings (SSSR count). The zero-order valence-corrected chi connectivity index (χ0v) is 28.2. The molecular weight excluding hydrogens is 684 g/mol. The Morgan fingerprint density at radius 3 is 1.75 bits per heavy atom. The normalized spacial score (nSPS) is 29.3. The Labute approximate surface area is 294 Å². The SMILES string of the molecule is Nc1nc(C(=O)NCCC[C@H](OC2CC(O)[C@H](O)C(CO)O2)[C@H](O)CO)c(N)nc1CNCCC[C@H](OC1CC(O)[C@H](O)C(CO)O1)[C@H](O)CO. The van der Waals surface area contributed by atoms with Crippen LogP contribution in [0.15, 0.2) is 0 Å². The molecule has 2 saturated heterocycles. The van der Waals surface area contributed by atoms with E-state index in [-0.39, 0.29) is 68.2 Å². The summed E-state index contributed by atoms with van der Waals surface area (Å²) in [4.78, 5) is 21.1. The first kappa shape index (κ1) is 43.0. The van der Waals surface area contributed by atoms with Gasteiger partial charge in [0.15, 0.2) is 24.1 Å². The lowest BCUT2D eigenvalue weighted by molar-refractivity contribution is -0.278. The van der Waals surface area contributed by atoms with Crippen LogP contribution in [0.3, 0.4) is 0 Å². The molecule has 6 unspecified atom stereocenters. The molecule has 12 atom stereocenters. The van der Waals surface area contributed by atoms with Crippen molar-refractivity contribution in [3.8, 4) is 0 Å². The molecule has 1 aromatic rings. The van der Waals surface area contributed by atoms with Crippen LogP contribution in [0.25, 0.3) is 0 Å². The van der Waals surface area contributed by atoms with E-state index in [1.807, 2.05) is 0 Å². The summed E-state index contributed by atoms with van der Waals surface area (Å²) in [7, 11) is 0. The average Bonchev–Trinajstić information content (AvgIpc) is 3.11. The van der Waals surface area contributed by atoms with Gasteiger partial charge in [0.25, 0.3) is 5.91 Å². The fourth-order valence-electron chi connectivity index (χ4n) is 5.65. The molecule has 0 aliphatic carbocycles. The minimum Gasteiger partial charge on any atom is -0.394 e. The molecule has 0 radical (unpaired) electrons. The van der Waals surface area contributed by atoms with E-state index >= 15 is 0 Å². The van der Waals surface area contributed by atoms with Crippen molar-refractivity contribution in [2.45, 2.75) is 119 Å². The zero-order valence-electron chi connectivity index (χ0n) is 28.2. The summed E-state index contributed by atoms with van der Waals surface area (Å²) in [5.41, 5.74) is 12.1. The van der Waals surface area contributed by atoms with Gasteiger partial charge in [-0.15, -0.1) is 0 Å². The van der Waals surface area contributed by atoms with Crippen molar-refractivity contribution in [1.29, 1.82) is 0 Å². The number of hydrogen-bond donors (Lipinski definition) is 14. The summed E-state index contributed by atoms with van der Waals surface area (Å²) in [5, 5.41) is 104. The van der Waals surface area contributed by atoms with Crippen LogP contribution in [0.5, 0.6) is 0 Å². The number of anilines is 2. The topological polar surface area (TPSA) is 358 Å². The van der Waals surface area contributed by atoms with Gasteiger partial charge in [0.1, 0.15) is 42.4 Å². The van der Waals surface area contributed by atoms with Crippen LogP contribution in [-0.2, 0) is 25.5 Å². The van der Waals surface area contributed by atoms with Gasteiger partial charge in [-0.3, -0.25) is 4.79 Å². The molecule has 0 saturated carbocycles. The number of nitrogens with two attached hydrogens (primary N) is 2. The zero-order chi connectivity index (χ0) is 37.7. The van der Waals surface area contributed by atoms with Crippen LogP contribution in [0.1, 0.15) is 54.7 Å². The lowest BCUT2D eigenvalue weighted by atomic mass is 10.0. The van der Waals surface area contributed by atoms with Crippen molar-refractivity contribution in [1.82, 2.24) is 20.6 Å². The van der Waals surface area contributed by atoms with Crippen LogP contribution >= 0.6 is 0 Å². The van der Waals surface area contributed by atoms with Crippen molar-refractivity contribution in [2.75, 3.05) is 51.0 Å². The Balaban J connectivity index is 1.44. The second-order valence-corrected chi connectivity index (χ2v) is 12.5. The molecule has 3 heterocycles. The molecule has 16 N–H and O–H groups in total. The molecule has 51 heavy (non-hydrogen) atoms. The predicted molar refractivity (Wildman–Crippen MR) is 174 cm³/mol. The van der Waals surface area contributed by atoms with Crippen LogP contribution in [0.2, 0.25) is 0 Å². The number of aliphatic hydroxyl groups excluding tert-OH is 10. The molecule has 21 heteroatoms. The first-order valence-electron chi connectivity index (χ1n) is 16.9. The van der Waals surface area contributed by atoms with Gasteiger partial charge in [0.05, 0.1) is 56.5 Å². The summed E-state index contributed by atoms with van der Waals surface area (Å²) in [6.07, 6.45) is -12.8. The first-order valence-corrected chi connectivity index (χ1v) is 16.9. The highest BCUT2D eigenvalue weighted by Crippen LogP contribution is 2.25. The number of aromatic nitrogens is 2. The lowest BCUT2D eigenvalue weighted by Gasteiger charge is -2.38. The van der Waals surface area contributed by atoms with E-state index in [1.165, 1.54) is 0 Å². The van der Waals surface area contributed by atoms with Gasteiger partial charge < -0.3 is 92.1 Å². The molecule has 0 spiro atoms. The molecule has 21 nitrogen and oxygen atoms in total. The largest absolute Gasteiger partial charge is 0.394 e. The van der Waals surface area contributed by atoms with Crippen LogP contribution in [0, 0.1) is 0 Å². The molecular formula is C30H54N6O15.